The van der Waals surface area contributed by atoms with Crippen molar-refractivity contribution in [2.45, 2.75) is 20.8 Å². The normalized spacial score (nSPS) is 8.50. The lowest BCUT2D eigenvalue weighted by molar-refractivity contribution is -0.114. The van der Waals surface area contributed by atoms with Crippen molar-refractivity contribution >= 4 is 5.91 Å². The average Bonchev–Trinajstić information content (AvgIpc) is 2.04. The molecule has 1 rings (SSSR count). The number of benzene rings is 1. The monoisotopic (exact) mass is 191 g/mol. The van der Waals surface area contributed by atoms with Crippen molar-refractivity contribution in [2.75, 3.05) is 0 Å². The van der Waals surface area contributed by atoms with Crippen molar-refractivity contribution in [1.82, 2.24) is 0 Å². The van der Waals surface area contributed by atoms with Crippen LogP contribution in [0.2, 0.25) is 0 Å². The smallest absolute Gasteiger partial charge is 0.243 e. The first-order valence-corrected chi connectivity index (χ1v) is 4.42. The van der Waals surface area contributed by atoms with Crippen molar-refractivity contribution in [3.05, 3.63) is 47.5 Å². The van der Waals surface area contributed by atoms with Gasteiger partial charge in [0.05, 0.1) is 0 Å². The molecule has 1 aromatic carbocycles. The molecule has 0 aliphatic rings. The van der Waals surface area contributed by atoms with E-state index in [0.29, 0.717) is 5.57 Å². The standard InChI is InChI=1S/C8H10.C4H7NO/c1-7-4-3-5-8(2)6-7;1-3(2)4(5)6/h3-6H,1-2H3;1H2,2H3,(H2,5,6). The van der Waals surface area contributed by atoms with E-state index in [4.69, 9.17) is 5.73 Å². The number of carbonyl (C=O) groups is 1. The van der Waals surface area contributed by atoms with Crippen LogP contribution in [0.3, 0.4) is 0 Å². The second-order valence-corrected chi connectivity index (χ2v) is 3.30. The lowest BCUT2D eigenvalue weighted by Gasteiger charge is -1.90. The molecule has 0 aliphatic heterocycles. The largest absolute Gasteiger partial charge is 0.366 e. The fraction of sp³-hybridized carbons (Fsp3) is 0.250. The Morgan fingerprint density at radius 2 is 1.64 bits per heavy atom. The second kappa shape index (κ2) is 5.97. The summed E-state index contributed by atoms with van der Waals surface area (Å²) in [6.07, 6.45) is 0. The van der Waals surface area contributed by atoms with Gasteiger partial charge in [-0.05, 0) is 20.8 Å². The first-order chi connectivity index (χ1) is 6.43. The molecule has 0 radical (unpaired) electrons. The minimum absolute atomic E-state index is 0.398. The van der Waals surface area contributed by atoms with Gasteiger partial charge in [0.2, 0.25) is 5.91 Å². The molecule has 2 nitrogen and oxygen atoms in total. The SMILES string of the molecule is C=C(C)C(N)=O.Cc1cccc(C)c1. The highest BCUT2D eigenvalue weighted by Crippen LogP contribution is 2.00. The Bertz CT molecular complexity index is 300. The summed E-state index contributed by atoms with van der Waals surface area (Å²) in [5.74, 6) is -0.435. The average molecular weight is 191 g/mol. The van der Waals surface area contributed by atoms with E-state index in [1.165, 1.54) is 11.1 Å². The molecule has 1 amide bonds. The number of hydrogen-bond donors (Lipinski definition) is 1. The summed E-state index contributed by atoms with van der Waals surface area (Å²) in [5.41, 5.74) is 7.77. The van der Waals surface area contributed by atoms with Crippen LogP contribution < -0.4 is 5.73 Å². The Hall–Kier alpha value is -1.57. The van der Waals surface area contributed by atoms with Crippen LogP contribution in [0.25, 0.3) is 0 Å². The second-order valence-electron chi connectivity index (χ2n) is 3.30. The number of nitrogens with two attached hydrogens (primary N) is 1. The number of hydrogen-bond acceptors (Lipinski definition) is 1. The van der Waals surface area contributed by atoms with Crippen molar-refractivity contribution in [1.29, 1.82) is 0 Å². The molecule has 0 spiro atoms. The Kier molecular flexibility index (Phi) is 5.30. The van der Waals surface area contributed by atoms with Gasteiger partial charge in [-0.25, -0.2) is 0 Å². The van der Waals surface area contributed by atoms with E-state index in [9.17, 15) is 4.79 Å². The maximum absolute atomic E-state index is 9.82. The van der Waals surface area contributed by atoms with Gasteiger partial charge in [0.15, 0.2) is 0 Å². The highest BCUT2D eigenvalue weighted by atomic mass is 16.1. The van der Waals surface area contributed by atoms with E-state index >= 15 is 0 Å². The van der Waals surface area contributed by atoms with Crippen LogP contribution in [-0.2, 0) is 4.79 Å². The topological polar surface area (TPSA) is 43.1 Å². The molecule has 0 saturated carbocycles. The molecule has 1 aromatic rings. The first kappa shape index (κ1) is 12.4. The third-order valence-corrected chi connectivity index (χ3v) is 1.59. The minimum Gasteiger partial charge on any atom is -0.366 e. The van der Waals surface area contributed by atoms with Gasteiger partial charge in [-0.3, -0.25) is 4.79 Å². The number of primary amides is 1. The number of carbonyl (C=O) groups excluding carboxylic acids is 1. The lowest BCUT2D eigenvalue weighted by atomic mass is 10.2. The molecule has 0 aliphatic carbocycles. The number of rotatable bonds is 1. The number of amides is 1. The maximum Gasteiger partial charge on any atom is 0.243 e. The van der Waals surface area contributed by atoms with Crippen LogP contribution in [0.5, 0.6) is 0 Å². The molecule has 2 N–H and O–H groups in total. The van der Waals surface area contributed by atoms with Gasteiger partial charge >= 0.3 is 0 Å². The third kappa shape index (κ3) is 6.00. The zero-order chi connectivity index (χ0) is 11.1. The highest BCUT2D eigenvalue weighted by molar-refractivity contribution is 5.90. The zero-order valence-electron chi connectivity index (χ0n) is 9.00. The fourth-order valence-electron chi connectivity index (χ4n) is 0.807. The first-order valence-electron chi connectivity index (χ1n) is 4.42. The van der Waals surface area contributed by atoms with Crippen LogP contribution in [0.15, 0.2) is 36.4 Å². The predicted octanol–water partition coefficient (Wildman–Crippen LogP) is 2.35. The molecular weight excluding hydrogens is 174 g/mol. The molecule has 76 valence electrons. The van der Waals surface area contributed by atoms with E-state index < -0.39 is 5.91 Å². The van der Waals surface area contributed by atoms with Gasteiger partial charge < -0.3 is 5.73 Å². The molecule has 2 heteroatoms. The van der Waals surface area contributed by atoms with E-state index in [0.717, 1.165) is 0 Å². The summed E-state index contributed by atoms with van der Waals surface area (Å²) in [4.78, 5) is 9.82. The third-order valence-electron chi connectivity index (χ3n) is 1.59. The Morgan fingerprint density at radius 1 is 1.29 bits per heavy atom. The van der Waals surface area contributed by atoms with Gasteiger partial charge in [-0.15, -0.1) is 0 Å². The van der Waals surface area contributed by atoms with Gasteiger partial charge in [-0.2, -0.15) is 0 Å². The van der Waals surface area contributed by atoms with Crippen LogP contribution in [0, 0.1) is 13.8 Å². The highest BCUT2D eigenvalue weighted by Gasteiger charge is 1.86. The minimum atomic E-state index is -0.435. The maximum atomic E-state index is 9.82. The van der Waals surface area contributed by atoms with Gasteiger partial charge in [-0.1, -0.05) is 42.0 Å². The fourth-order valence-corrected chi connectivity index (χ4v) is 0.807. The molecule has 0 unspecified atom stereocenters. The van der Waals surface area contributed by atoms with Crippen molar-refractivity contribution in [3.8, 4) is 0 Å². The Balaban J connectivity index is 0.000000255. The van der Waals surface area contributed by atoms with Gasteiger partial charge in [0, 0.05) is 5.57 Å². The van der Waals surface area contributed by atoms with Crippen LogP contribution in [-0.4, -0.2) is 5.91 Å². The molecule has 0 saturated heterocycles. The van der Waals surface area contributed by atoms with Crippen LogP contribution >= 0.6 is 0 Å². The van der Waals surface area contributed by atoms with E-state index in [-0.39, 0.29) is 0 Å². The van der Waals surface area contributed by atoms with Crippen LogP contribution in [0.4, 0.5) is 0 Å². The van der Waals surface area contributed by atoms with Crippen molar-refractivity contribution in [2.24, 2.45) is 5.73 Å². The predicted molar refractivity (Wildman–Crippen MR) is 59.9 cm³/mol. The summed E-state index contributed by atoms with van der Waals surface area (Å²) in [6.45, 7) is 9.06. The quantitative estimate of drug-likeness (QED) is 0.680. The lowest BCUT2D eigenvalue weighted by Crippen LogP contribution is -2.10. The zero-order valence-corrected chi connectivity index (χ0v) is 9.00. The van der Waals surface area contributed by atoms with Gasteiger partial charge in [0.25, 0.3) is 0 Å². The molecule has 14 heavy (non-hydrogen) atoms. The Morgan fingerprint density at radius 3 is 1.79 bits per heavy atom. The summed E-state index contributed by atoms with van der Waals surface area (Å²) in [6, 6.07) is 8.45. The van der Waals surface area contributed by atoms with Crippen molar-refractivity contribution < 1.29 is 4.79 Å². The van der Waals surface area contributed by atoms with E-state index in [1.807, 2.05) is 0 Å². The van der Waals surface area contributed by atoms with E-state index in [2.05, 4.69) is 44.7 Å². The number of aryl methyl sites for hydroxylation is 2. The molecular formula is C12H17NO. The summed E-state index contributed by atoms with van der Waals surface area (Å²) in [5, 5.41) is 0. The molecule has 0 aromatic heterocycles. The van der Waals surface area contributed by atoms with Gasteiger partial charge in [0.1, 0.15) is 0 Å². The summed E-state index contributed by atoms with van der Waals surface area (Å²) in [7, 11) is 0. The summed E-state index contributed by atoms with van der Waals surface area (Å²) >= 11 is 0. The van der Waals surface area contributed by atoms with Crippen molar-refractivity contribution in [3.63, 3.8) is 0 Å². The molecule has 0 heterocycles. The van der Waals surface area contributed by atoms with Crippen LogP contribution in [0.1, 0.15) is 18.1 Å². The molecule has 0 fully saturated rings. The Labute approximate surface area is 85.4 Å². The molecule has 0 bridgehead atoms. The van der Waals surface area contributed by atoms with E-state index in [1.54, 1.807) is 6.92 Å². The summed E-state index contributed by atoms with van der Waals surface area (Å²) < 4.78 is 0. The molecule has 0 atom stereocenters.